The maximum Gasteiger partial charge on any atom is 0.254 e. The largest absolute Gasteiger partial charge is 0.444 e. The second-order valence-electron chi connectivity index (χ2n) is 5.87. The van der Waals surface area contributed by atoms with Gasteiger partial charge in [-0.15, -0.1) is 6.42 Å². The average Bonchev–Trinajstić information content (AvgIpc) is 3.15. The molecule has 4 nitrogen and oxygen atoms in total. The molecule has 1 saturated carbocycles. The molecule has 1 aliphatic carbocycles. The number of hydrogen-bond acceptors (Lipinski definition) is 3. The van der Waals surface area contributed by atoms with Crippen LogP contribution in [0.5, 0.6) is 0 Å². The summed E-state index contributed by atoms with van der Waals surface area (Å²) in [6.07, 6.45) is 14.2. The number of rotatable bonds is 4. The van der Waals surface area contributed by atoms with E-state index in [0.717, 1.165) is 18.4 Å². The molecular weight excluding hydrogens is 288 g/mol. The van der Waals surface area contributed by atoms with Crippen LogP contribution in [0.4, 0.5) is 0 Å². The van der Waals surface area contributed by atoms with Crippen molar-refractivity contribution >= 4 is 5.91 Å². The first-order chi connectivity index (χ1) is 11.3. The molecule has 3 rings (SSSR count). The number of nitrogens with zero attached hydrogens (tertiary/aromatic N) is 2. The first kappa shape index (κ1) is 15.4. The molecule has 1 fully saturated rings. The lowest BCUT2D eigenvalue weighted by Crippen LogP contribution is -2.41. The van der Waals surface area contributed by atoms with Crippen molar-refractivity contribution in [1.82, 2.24) is 9.88 Å². The SMILES string of the molecule is C#CCN(C(=O)c1ccc(-c2cnco2)cc1)C1CCCCC1. The van der Waals surface area contributed by atoms with Gasteiger partial charge in [-0.1, -0.05) is 37.3 Å². The van der Waals surface area contributed by atoms with Crippen LogP contribution >= 0.6 is 0 Å². The summed E-state index contributed by atoms with van der Waals surface area (Å²) < 4.78 is 5.27. The molecular formula is C19H20N2O2. The number of benzene rings is 1. The second-order valence-corrected chi connectivity index (χ2v) is 5.87. The van der Waals surface area contributed by atoms with Crippen molar-refractivity contribution in [2.75, 3.05) is 6.54 Å². The predicted octanol–water partition coefficient (Wildman–Crippen LogP) is 3.75. The normalized spacial score (nSPS) is 15.1. The molecule has 0 unspecified atom stereocenters. The van der Waals surface area contributed by atoms with E-state index in [1.165, 1.54) is 25.7 Å². The Labute approximate surface area is 136 Å². The van der Waals surface area contributed by atoms with Crippen LogP contribution in [0.3, 0.4) is 0 Å². The van der Waals surface area contributed by atoms with Gasteiger partial charge in [0.1, 0.15) is 0 Å². The average molecular weight is 308 g/mol. The van der Waals surface area contributed by atoms with Gasteiger partial charge in [-0.2, -0.15) is 0 Å². The van der Waals surface area contributed by atoms with Gasteiger partial charge in [-0.3, -0.25) is 4.79 Å². The second kappa shape index (κ2) is 7.15. The molecule has 2 aromatic rings. The summed E-state index contributed by atoms with van der Waals surface area (Å²) in [4.78, 5) is 18.6. The van der Waals surface area contributed by atoms with Crippen LogP contribution in [0.1, 0.15) is 42.5 Å². The van der Waals surface area contributed by atoms with Crippen LogP contribution in [-0.2, 0) is 0 Å². The minimum atomic E-state index is 0.0129. The summed E-state index contributed by atoms with van der Waals surface area (Å²) in [5.41, 5.74) is 1.56. The molecule has 118 valence electrons. The van der Waals surface area contributed by atoms with Gasteiger partial charge in [0.25, 0.3) is 5.91 Å². The predicted molar refractivity (Wildman–Crippen MR) is 88.7 cm³/mol. The van der Waals surface area contributed by atoms with Gasteiger partial charge in [0.2, 0.25) is 0 Å². The lowest BCUT2D eigenvalue weighted by atomic mass is 9.93. The van der Waals surface area contributed by atoms with Crippen LogP contribution in [0, 0.1) is 12.3 Å². The van der Waals surface area contributed by atoms with E-state index in [2.05, 4.69) is 10.9 Å². The highest BCUT2D eigenvalue weighted by molar-refractivity contribution is 5.95. The van der Waals surface area contributed by atoms with Gasteiger partial charge in [0, 0.05) is 17.2 Å². The van der Waals surface area contributed by atoms with Gasteiger partial charge in [0.15, 0.2) is 12.2 Å². The molecule has 1 aliphatic rings. The van der Waals surface area contributed by atoms with Crippen molar-refractivity contribution in [1.29, 1.82) is 0 Å². The van der Waals surface area contributed by atoms with E-state index in [1.54, 1.807) is 6.20 Å². The summed E-state index contributed by atoms with van der Waals surface area (Å²) in [7, 11) is 0. The maximum atomic E-state index is 12.8. The van der Waals surface area contributed by atoms with Crippen molar-refractivity contribution in [3.05, 3.63) is 42.4 Å². The van der Waals surface area contributed by atoms with Crippen LogP contribution in [0.2, 0.25) is 0 Å². The van der Waals surface area contributed by atoms with E-state index in [0.29, 0.717) is 17.9 Å². The van der Waals surface area contributed by atoms with Crippen molar-refractivity contribution in [2.45, 2.75) is 38.1 Å². The van der Waals surface area contributed by atoms with E-state index in [9.17, 15) is 4.79 Å². The standard InChI is InChI=1S/C19H20N2O2/c1-2-12-21(17-6-4-3-5-7-17)19(22)16-10-8-15(9-11-16)18-13-20-14-23-18/h1,8-11,13-14,17H,3-7,12H2. The first-order valence-electron chi connectivity index (χ1n) is 8.03. The highest BCUT2D eigenvalue weighted by Crippen LogP contribution is 2.25. The van der Waals surface area contributed by atoms with E-state index < -0.39 is 0 Å². The fourth-order valence-corrected chi connectivity index (χ4v) is 3.16. The third-order valence-electron chi connectivity index (χ3n) is 4.39. The molecule has 1 heterocycles. The Bertz CT molecular complexity index is 677. The number of amides is 1. The van der Waals surface area contributed by atoms with Gasteiger partial charge < -0.3 is 9.32 Å². The summed E-state index contributed by atoms with van der Waals surface area (Å²) in [5.74, 6) is 3.34. The molecule has 1 aromatic heterocycles. The smallest absolute Gasteiger partial charge is 0.254 e. The van der Waals surface area contributed by atoms with E-state index >= 15 is 0 Å². The Morgan fingerprint density at radius 1 is 1.26 bits per heavy atom. The van der Waals surface area contributed by atoms with Gasteiger partial charge in [0.05, 0.1) is 12.7 Å². The van der Waals surface area contributed by atoms with Crippen LogP contribution in [-0.4, -0.2) is 28.4 Å². The minimum absolute atomic E-state index is 0.0129. The number of terminal acetylenes is 1. The van der Waals surface area contributed by atoms with Crippen molar-refractivity contribution in [3.63, 3.8) is 0 Å². The van der Waals surface area contributed by atoms with Gasteiger partial charge >= 0.3 is 0 Å². The highest BCUT2D eigenvalue weighted by atomic mass is 16.3. The molecule has 1 aromatic carbocycles. The van der Waals surface area contributed by atoms with Crippen LogP contribution < -0.4 is 0 Å². The molecule has 0 saturated heterocycles. The highest BCUT2D eigenvalue weighted by Gasteiger charge is 2.25. The van der Waals surface area contributed by atoms with Crippen molar-refractivity contribution in [2.24, 2.45) is 0 Å². The maximum absolute atomic E-state index is 12.8. The molecule has 0 bridgehead atoms. The number of carbonyl (C=O) groups excluding carboxylic acids is 1. The Morgan fingerprint density at radius 2 is 2.00 bits per heavy atom. The van der Waals surface area contributed by atoms with Crippen LogP contribution in [0.15, 0.2) is 41.3 Å². The lowest BCUT2D eigenvalue weighted by molar-refractivity contribution is 0.0667. The zero-order chi connectivity index (χ0) is 16.1. The molecule has 0 radical (unpaired) electrons. The fraction of sp³-hybridized carbons (Fsp3) is 0.368. The summed E-state index contributed by atoms with van der Waals surface area (Å²) in [5, 5.41) is 0. The van der Waals surface area contributed by atoms with E-state index in [1.807, 2.05) is 29.2 Å². The fourth-order valence-electron chi connectivity index (χ4n) is 3.16. The summed E-state index contributed by atoms with van der Waals surface area (Å²) in [6.45, 7) is 0.368. The van der Waals surface area contributed by atoms with Gasteiger partial charge in [-0.05, 0) is 25.0 Å². The number of hydrogen-bond donors (Lipinski definition) is 0. The van der Waals surface area contributed by atoms with E-state index in [-0.39, 0.29) is 11.9 Å². The van der Waals surface area contributed by atoms with E-state index in [4.69, 9.17) is 10.8 Å². The quantitative estimate of drug-likeness (QED) is 0.808. The Balaban J connectivity index is 1.78. The van der Waals surface area contributed by atoms with Crippen molar-refractivity contribution < 1.29 is 9.21 Å². The molecule has 23 heavy (non-hydrogen) atoms. The number of carbonyl (C=O) groups is 1. The Morgan fingerprint density at radius 3 is 2.61 bits per heavy atom. The monoisotopic (exact) mass is 308 g/mol. The summed E-state index contributed by atoms with van der Waals surface area (Å²) >= 11 is 0. The lowest BCUT2D eigenvalue weighted by Gasteiger charge is -2.33. The molecule has 1 amide bonds. The minimum Gasteiger partial charge on any atom is -0.444 e. The Kier molecular flexibility index (Phi) is 4.77. The molecule has 4 heteroatoms. The molecule has 0 atom stereocenters. The summed E-state index contributed by atoms with van der Waals surface area (Å²) in [6, 6.07) is 7.67. The third kappa shape index (κ3) is 3.45. The van der Waals surface area contributed by atoms with Gasteiger partial charge in [-0.25, -0.2) is 4.98 Å². The molecule has 0 aliphatic heterocycles. The Hall–Kier alpha value is -2.54. The number of aromatic nitrogens is 1. The topological polar surface area (TPSA) is 46.3 Å². The zero-order valence-electron chi connectivity index (χ0n) is 13.1. The van der Waals surface area contributed by atoms with Crippen LogP contribution in [0.25, 0.3) is 11.3 Å². The number of oxazole rings is 1. The molecule has 0 N–H and O–H groups in total. The molecule has 0 spiro atoms. The zero-order valence-corrected chi connectivity index (χ0v) is 13.1. The van der Waals surface area contributed by atoms with Crippen molar-refractivity contribution in [3.8, 4) is 23.7 Å². The third-order valence-corrected chi connectivity index (χ3v) is 4.39. The first-order valence-corrected chi connectivity index (χ1v) is 8.03.